The van der Waals surface area contributed by atoms with Crippen molar-refractivity contribution in [2.45, 2.75) is 34.1 Å². The molecule has 14 heavy (non-hydrogen) atoms. The van der Waals surface area contributed by atoms with Gasteiger partial charge in [-0.15, -0.1) is 0 Å². The molecule has 0 amide bonds. The standard InChI is InChI=1S/C9H18O4S/c1-7(2)5-6-14(11,12)13-9(10)8(3)4/h7-8H,5-6H2,1-4H3. The van der Waals surface area contributed by atoms with Gasteiger partial charge in [0.25, 0.3) is 0 Å². The van der Waals surface area contributed by atoms with Crippen LogP contribution in [0.25, 0.3) is 0 Å². The Kier molecular flexibility index (Phi) is 5.12. The third-order valence-corrected chi connectivity index (χ3v) is 2.78. The molecule has 0 unspecified atom stereocenters. The van der Waals surface area contributed by atoms with Crippen LogP contribution < -0.4 is 0 Å². The lowest BCUT2D eigenvalue weighted by Crippen LogP contribution is -2.20. The zero-order chi connectivity index (χ0) is 11.4. The molecule has 84 valence electrons. The molecule has 0 aliphatic rings. The molecule has 0 aliphatic carbocycles. The molecule has 0 saturated carbocycles. The summed E-state index contributed by atoms with van der Waals surface area (Å²) in [6.07, 6.45) is 0.508. The highest BCUT2D eigenvalue weighted by Crippen LogP contribution is 2.07. The van der Waals surface area contributed by atoms with E-state index in [1.807, 2.05) is 13.8 Å². The Balaban J connectivity index is 4.15. The van der Waals surface area contributed by atoms with Crippen molar-refractivity contribution in [2.75, 3.05) is 5.75 Å². The minimum absolute atomic E-state index is 0.0941. The summed E-state index contributed by atoms with van der Waals surface area (Å²) in [6, 6.07) is 0. The Morgan fingerprint density at radius 1 is 1.21 bits per heavy atom. The van der Waals surface area contributed by atoms with Gasteiger partial charge in [0, 0.05) is 0 Å². The van der Waals surface area contributed by atoms with Gasteiger partial charge in [0.15, 0.2) is 0 Å². The van der Waals surface area contributed by atoms with Gasteiger partial charge in [-0.25, -0.2) is 0 Å². The van der Waals surface area contributed by atoms with Crippen molar-refractivity contribution in [3.05, 3.63) is 0 Å². The van der Waals surface area contributed by atoms with Crippen LogP contribution in [0, 0.1) is 11.8 Å². The third kappa shape index (κ3) is 5.96. The van der Waals surface area contributed by atoms with Crippen LogP contribution in [-0.2, 0) is 19.1 Å². The van der Waals surface area contributed by atoms with Crippen LogP contribution >= 0.6 is 0 Å². The summed E-state index contributed by atoms with van der Waals surface area (Å²) in [6.45, 7) is 7.03. The summed E-state index contributed by atoms with van der Waals surface area (Å²) >= 11 is 0. The predicted octanol–water partition coefficient (Wildman–Crippen LogP) is 1.56. The molecule has 0 aliphatic heterocycles. The summed E-state index contributed by atoms with van der Waals surface area (Å²) in [7, 11) is -3.67. The van der Waals surface area contributed by atoms with Crippen molar-refractivity contribution in [3.8, 4) is 0 Å². The molecule has 0 spiro atoms. The van der Waals surface area contributed by atoms with Gasteiger partial charge in [-0.05, 0) is 12.3 Å². The van der Waals surface area contributed by atoms with Crippen LogP contribution in [0.15, 0.2) is 0 Å². The molecule has 0 aromatic heterocycles. The molecule has 5 heteroatoms. The van der Waals surface area contributed by atoms with Crippen molar-refractivity contribution >= 4 is 16.1 Å². The smallest absolute Gasteiger partial charge is 0.324 e. The summed E-state index contributed by atoms with van der Waals surface area (Å²) in [5.41, 5.74) is 0. The molecule has 0 rings (SSSR count). The number of hydrogen-bond acceptors (Lipinski definition) is 4. The topological polar surface area (TPSA) is 60.4 Å². The van der Waals surface area contributed by atoms with Crippen LogP contribution in [0.3, 0.4) is 0 Å². The van der Waals surface area contributed by atoms with Gasteiger partial charge in [0.05, 0.1) is 11.7 Å². The minimum atomic E-state index is -3.67. The van der Waals surface area contributed by atoms with Gasteiger partial charge in [-0.2, -0.15) is 8.42 Å². The second-order valence-electron chi connectivity index (χ2n) is 4.00. The largest absolute Gasteiger partial charge is 0.345 e. The van der Waals surface area contributed by atoms with E-state index in [1.165, 1.54) is 0 Å². The molecular weight excluding hydrogens is 204 g/mol. The summed E-state index contributed by atoms with van der Waals surface area (Å²) in [4.78, 5) is 11.0. The Hall–Kier alpha value is -0.580. The maximum Gasteiger partial charge on any atom is 0.324 e. The summed E-state index contributed by atoms with van der Waals surface area (Å²) < 4.78 is 26.8. The lowest BCUT2D eigenvalue weighted by Gasteiger charge is -2.08. The van der Waals surface area contributed by atoms with Crippen LogP contribution in [-0.4, -0.2) is 20.1 Å². The van der Waals surface area contributed by atoms with Gasteiger partial charge in [0.1, 0.15) is 0 Å². The fraction of sp³-hybridized carbons (Fsp3) is 0.889. The Morgan fingerprint density at radius 2 is 1.71 bits per heavy atom. The molecule has 0 fully saturated rings. The van der Waals surface area contributed by atoms with E-state index < -0.39 is 22.0 Å². The lowest BCUT2D eigenvalue weighted by atomic mass is 10.2. The molecule has 0 atom stereocenters. The SMILES string of the molecule is CC(C)CCS(=O)(=O)OC(=O)C(C)C. The Labute approximate surface area is 85.8 Å². The second kappa shape index (κ2) is 5.34. The minimum Gasteiger partial charge on any atom is -0.345 e. The molecular formula is C9H18O4S. The van der Waals surface area contributed by atoms with Crippen LogP contribution in [0.1, 0.15) is 34.1 Å². The first kappa shape index (κ1) is 13.4. The molecule has 0 radical (unpaired) electrons. The zero-order valence-electron chi connectivity index (χ0n) is 9.11. The van der Waals surface area contributed by atoms with Gasteiger partial charge in [0.2, 0.25) is 0 Å². The quantitative estimate of drug-likeness (QED) is 0.662. The Bertz CT molecular complexity index is 277. The van der Waals surface area contributed by atoms with Crippen molar-refractivity contribution < 1.29 is 17.4 Å². The monoisotopic (exact) mass is 222 g/mol. The molecule has 0 aromatic rings. The lowest BCUT2D eigenvalue weighted by molar-refractivity contribution is -0.137. The molecule has 4 nitrogen and oxygen atoms in total. The fourth-order valence-electron chi connectivity index (χ4n) is 0.643. The van der Waals surface area contributed by atoms with E-state index in [-0.39, 0.29) is 11.7 Å². The van der Waals surface area contributed by atoms with E-state index in [2.05, 4.69) is 4.18 Å². The van der Waals surface area contributed by atoms with Gasteiger partial charge in [-0.3, -0.25) is 4.79 Å². The van der Waals surface area contributed by atoms with E-state index in [1.54, 1.807) is 13.8 Å². The van der Waals surface area contributed by atoms with Gasteiger partial charge >= 0.3 is 16.1 Å². The summed E-state index contributed by atoms with van der Waals surface area (Å²) in [5, 5.41) is 0. The number of carbonyl (C=O) groups excluding carboxylic acids is 1. The third-order valence-electron chi connectivity index (χ3n) is 1.63. The van der Waals surface area contributed by atoms with Crippen LogP contribution in [0.2, 0.25) is 0 Å². The van der Waals surface area contributed by atoms with E-state index in [9.17, 15) is 13.2 Å². The average Bonchev–Trinajstić information content (AvgIpc) is 2.00. The first-order valence-corrected chi connectivity index (χ1v) is 6.28. The number of carbonyl (C=O) groups is 1. The van der Waals surface area contributed by atoms with Gasteiger partial charge in [-0.1, -0.05) is 27.7 Å². The molecule has 0 saturated heterocycles. The highest BCUT2D eigenvalue weighted by Gasteiger charge is 2.19. The van der Waals surface area contributed by atoms with E-state index >= 15 is 0 Å². The van der Waals surface area contributed by atoms with E-state index in [0.29, 0.717) is 6.42 Å². The van der Waals surface area contributed by atoms with Crippen molar-refractivity contribution in [1.82, 2.24) is 0 Å². The van der Waals surface area contributed by atoms with Crippen LogP contribution in [0.4, 0.5) is 0 Å². The number of rotatable bonds is 5. The van der Waals surface area contributed by atoms with E-state index in [4.69, 9.17) is 0 Å². The normalized spacial score (nSPS) is 12.1. The molecule has 0 N–H and O–H groups in total. The maximum absolute atomic E-state index is 11.2. The van der Waals surface area contributed by atoms with Crippen molar-refractivity contribution in [3.63, 3.8) is 0 Å². The van der Waals surface area contributed by atoms with E-state index in [0.717, 1.165) is 0 Å². The molecule has 0 heterocycles. The number of hydrogen-bond donors (Lipinski definition) is 0. The first-order valence-electron chi connectivity index (χ1n) is 4.70. The van der Waals surface area contributed by atoms with Gasteiger partial charge < -0.3 is 4.18 Å². The van der Waals surface area contributed by atoms with Crippen molar-refractivity contribution in [2.24, 2.45) is 11.8 Å². The average molecular weight is 222 g/mol. The molecule has 0 aromatic carbocycles. The highest BCUT2D eigenvalue weighted by atomic mass is 32.2. The second-order valence-corrected chi connectivity index (χ2v) is 5.69. The van der Waals surface area contributed by atoms with Crippen molar-refractivity contribution in [1.29, 1.82) is 0 Å². The maximum atomic E-state index is 11.2. The first-order chi connectivity index (χ1) is 6.24. The summed E-state index contributed by atoms with van der Waals surface area (Å²) in [5.74, 6) is -0.913. The highest BCUT2D eigenvalue weighted by molar-refractivity contribution is 7.87. The predicted molar refractivity (Wildman–Crippen MR) is 54.2 cm³/mol. The Morgan fingerprint density at radius 3 is 2.07 bits per heavy atom. The van der Waals surface area contributed by atoms with Crippen LogP contribution in [0.5, 0.6) is 0 Å². The molecule has 0 bridgehead atoms. The fourth-order valence-corrected chi connectivity index (χ4v) is 1.93. The zero-order valence-corrected chi connectivity index (χ0v) is 9.93.